The smallest absolute Gasteiger partial charge is 0.191 e. The summed E-state index contributed by atoms with van der Waals surface area (Å²) in [6, 6.07) is 10.6. The molecule has 2 aromatic rings. The van der Waals surface area contributed by atoms with Crippen LogP contribution < -0.4 is 10.6 Å². The third kappa shape index (κ3) is 4.03. The molecule has 1 aromatic carbocycles. The van der Waals surface area contributed by atoms with Crippen molar-refractivity contribution in [1.29, 1.82) is 0 Å². The second-order valence-corrected chi connectivity index (χ2v) is 6.45. The first-order chi connectivity index (χ1) is 11.6. The van der Waals surface area contributed by atoms with E-state index in [1.807, 2.05) is 12.1 Å². The largest absolute Gasteiger partial charge is 0.356 e. The van der Waals surface area contributed by atoms with Gasteiger partial charge >= 0.3 is 0 Å². The Labute approximate surface area is 146 Å². The lowest BCUT2D eigenvalue weighted by molar-refractivity contribution is 0.607. The number of pyridine rings is 1. The molecule has 0 radical (unpaired) electrons. The van der Waals surface area contributed by atoms with E-state index in [0.29, 0.717) is 17.7 Å². The van der Waals surface area contributed by atoms with Gasteiger partial charge in [0, 0.05) is 31.7 Å². The molecule has 3 rings (SSSR count). The summed E-state index contributed by atoms with van der Waals surface area (Å²) >= 11 is 5.78. The van der Waals surface area contributed by atoms with E-state index in [9.17, 15) is 4.39 Å². The average Bonchev–Trinajstić information content (AvgIpc) is 3.38. The Bertz CT molecular complexity index is 726. The quantitative estimate of drug-likeness (QED) is 0.496. The van der Waals surface area contributed by atoms with Crippen molar-refractivity contribution in [2.24, 2.45) is 4.99 Å². The highest BCUT2D eigenvalue weighted by Crippen LogP contribution is 2.47. The molecule has 1 fully saturated rings. The molecular weight excluding hydrogens is 327 g/mol. The maximum atomic E-state index is 13.5. The second-order valence-electron chi connectivity index (χ2n) is 6.06. The summed E-state index contributed by atoms with van der Waals surface area (Å²) in [6.07, 6.45) is 3.85. The van der Waals surface area contributed by atoms with E-state index in [2.05, 4.69) is 20.6 Å². The Morgan fingerprint density at radius 2 is 2.12 bits per heavy atom. The first-order valence-corrected chi connectivity index (χ1v) is 8.30. The first-order valence-electron chi connectivity index (χ1n) is 7.92. The molecule has 126 valence electrons. The Morgan fingerprint density at radius 3 is 2.75 bits per heavy atom. The number of hydrogen-bond donors (Lipinski definition) is 2. The van der Waals surface area contributed by atoms with Crippen LogP contribution in [-0.2, 0) is 12.0 Å². The van der Waals surface area contributed by atoms with E-state index < -0.39 is 0 Å². The van der Waals surface area contributed by atoms with Crippen LogP contribution in [0, 0.1) is 5.82 Å². The summed E-state index contributed by atoms with van der Waals surface area (Å²) in [6.45, 7) is 1.34. The zero-order valence-corrected chi connectivity index (χ0v) is 14.3. The summed E-state index contributed by atoms with van der Waals surface area (Å²) in [7, 11) is 1.73. The van der Waals surface area contributed by atoms with Crippen LogP contribution in [0.15, 0.2) is 47.6 Å². The molecule has 0 aliphatic heterocycles. The molecule has 2 N–H and O–H groups in total. The van der Waals surface area contributed by atoms with E-state index in [-0.39, 0.29) is 11.2 Å². The SMILES string of the molecule is CN=C(NCc1ccc(Cl)nc1)NCC1(c2cccc(F)c2)CC1. The van der Waals surface area contributed by atoms with Gasteiger partial charge in [-0.1, -0.05) is 29.8 Å². The molecular formula is C18H20ClFN4. The average molecular weight is 347 g/mol. The summed E-state index contributed by atoms with van der Waals surface area (Å²) < 4.78 is 13.5. The molecule has 1 aliphatic rings. The summed E-state index contributed by atoms with van der Waals surface area (Å²) in [5.41, 5.74) is 2.09. The lowest BCUT2D eigenvalue weighted by Gasteiger charge is -2.19. The minimum Gasteiger partial charge on any atom is -0.356 e. The fraction of sp³-hybridized carbons (Fsp3) is 0.333. The molecule has 0 spiro atoms. The zero-order valence-electron chi connectivity index (χ0n) is 13.5. The molecule has 1 aliphatic carbocycles. The van der Waals surface area contributed by atoms with Gasteiger partial charge in [-0.3, -0.25) is 4.99 Å². The minimum atomic E-state index is -0.184. The van der Waals surface area contributed by atoms with Crippen molar-refractivity contribution in [2.75, 3.05) is 13.6 Å². The standard InChI is InChI=1S/C18H20ClFN4/c1-21-17(23-11-13-5-6-16(19)22-10-13)24-12-18(7-8-18)14-3-2-4-15(20)9-14/h2-6,9-10H,7-8,11-12H2,1H3,(H2,21,23,24). The number of benzene rings is 1. The van der Waals surface area contributed by atoms with Crippen LogP contribution in [0.2, 0.25) is 5.15 Å². The predicted octanol–water partition coefficient (Wildman–Crippen LogP) is 3.27. The highest BCUT2D eigenvalue weighted by Gasteiger charge is 2.44. The fourth-order valence-electron chi connectivity index (χ4n) is 2.71. The predicted molar refractivity (Wildman–Crippen MR) is 94.8 cm³/mol. The molecule has 1 saturated carbocycles. The van der Waals surface area contributed by atoms with Gasteiger partial charge in [0.1, 0.15) is 11.0 Å². The van der Waals surface area contributed by atoms with E-state index >= 15 is 0 Å². The third-order valence-electron chi connectivity index (χ3n) is 4.36. The Kier molecular flexibility index (Phi) is 5.00. The van der Waals surface area contributed by atoms with Gasteiger partial charge in [0.2, 0.25) is 0 Å². The van der Waals surface area contributed by atoms with Gasteiger partial charge in [0.25, 0.3) is 0 Å². The number of halogens is 2. The van der Waals surface area contributed by atoms with Crippen molar-refractivity contribution in [3.8, 4) is 0 Å². The minimum absolute atomic E-state index is 0.0154. The molecule has 1 heterocycles. The third-order valence-corrected chi connectivity index (χ3v) is 4.58. The Balaban J connectivity index is 1.55. The van der Waals surface area contributed by atoms with Gasteiger partial charge in [-0.15, -0.1) is 0 Å². The monoisotopic (exact) mass is 346 g/mol. The van der Waals surface area contributed by atoms with Gasteiger partial charge in [0.15, 0.2) is 5.96 Å². The van der Waals surface area contributed by atoms with Crippen LogP contribution in [0.1, 0.15) is 24.0 Å². The highest BCUT2D eigenvalue weighted by molar-refractivity contribution is 6.29. The Hall–Kier alpha value is -2.14. The first kappa shape index (κ1) is 16.7. The fourth-order valence-corrected chi connectivity index (χ4v) is 2.82. The summed E-state index contributed by atoms with van der Waals surface area (Å²) in [5.74, 6) is 0.532. The Morgan fingerprint density at radius 1 is 1.29 bits per heavy atom. The molecule has 0 atom stereocenters. The van der Waals surface area contributed by atoms with Crippen molar-refractivity contribution in [3.05, 3.63) is 64.7 Å². The van der Waals surface area contributed by atoms with Crippen molar-refractivity contribution < 1.29 is 4.39 Å². The molecule has 24 heavy (non-hydrogen) atoms. The van der Waals surface area contributed by atoms with Gasteiger partial charge in [0.05, 0.1) is 0 Å². The summed E-state index contributed by atoms with van der Waals surface area (Å²) in [5, 5.41) is 7.07. The highest BCUT2D eigenvalue weighted by atomic mass is 35.5. The summed E-state index contributed by atoms with van der Waals surface area (Å²) in [4.78, 5) is 8.29. The van der Waals surface area contributed by atoms with Gasteiger partial charge in [-0.05, 0) is 42.2 Å². The van der Waals surface area contributed by atoms with Crippen LogP contribution in [-0.4, -0.2) is 24.5 Å². The van der Waals surface area contributed by atoms with E-state index in [1.165, 1.54) is 6.07 Å². The van der Waals surface area contributed by atoms with Crippen LogP contribution in [0.4, 0.5) is 4.39 Å². The van der Waals surface area contributed by atoms with Crippen LogP contribution >= 0.6 is 11.6 Å². The lowest BCUT2D eigenvalue weighted by Crippen LogP contribution is -2.40. The molecule has 4 nitrogen and oxygen atoms in total. The lowest BCUT2D eigenvalue weighted by atomic mass is 9.96. The maximum absolute atomic E-state index is 13.5. The topological polar surface area (TPSA) is 49.3 Å². The van der Waals surface area contributed by atoms with E-state index in [4.69, 9.17) is 11.6 Å². The van der Waals surface area contributed by atoms with E-state index in [1.54, 1.807) is 31.4 Å². The van der Waals surface area contributed by atoms with Crippen molar-refractivity contribution >= 4 is 17.6 Å². The van der Waals surface area contributed by atoms with Crippen LogP contribution in [0.5, 0.6) is 0 Å². The van der Waals surface area contributed by atoms with Gasteiger partial charge in [-0.2, -0.15) is 0 Å². The zero-order chi connectivity index (χ0) is 17.0. The number of hydrogen-bond acceptors (Lipinski definition) is 2. The molecule has 0 saturated heterocycles. The second kappa shape index (κ2) is 7.18. The van der Waals surface area contributed by atoms with Crippen molar-refractivity contribution in [3.63, 3.8) is 0 Å². The number of aliphatic imine (C=N–C) groups is 1. The van der Waals surface area contributed by atoms with Gasteiger partial charge in [-0.25, -0.2) is 9.37 Å². The molecule has 0 unspecified atom stereocenters. The van der Waals surface area contributed by atoms with Crippen LogP contribution in [0.25, 0.3) is 0 Å². The van der Waals surface area contributed by atoms with Crippen LogP contribution in [0.3, 0.4) is 0 Å². The molecule has 0 amide bonds. The molecule has 0 bridgehead atoms. The number of guanidine groups is 1. The number of nitrogens with zero attached hydrogens (tertiary/aromatic N) is 2. The molecule has 1 aromatic heterocycles. The normalized spacial score (nSPS) is 15.9. The van der Waals surface area contributed by atoms with Gasteiger partial charge < -0.3 is 10.6 Å². The van der Waals surface area contributed by atoms with E-state index in [0.717, 1.165) is 30.5 Å². The number of nitrogens with one attached hydrogen (secondary N) is 2. The maximum Gasteiger partial charge on any atom is 0.191 e. The van der Waals surface area contributed by atoms with Crippen molar-refractivity contribution in [2.45, 2.75) is 24.8 Å². The number of rotatable bonds is 5. The number of aromatic nitrogens is 1. The molecule has 6 heteroatoms. The van der Waals surface area contributed by atoms with Crippen molar-refractivity contribution in [1.82, 2.24) is 15.6 Å².